The summed E-state index contributed by atoms with van der Waals surface area (Å²) in [5, 5.41) is 6.32. The molecule has 2 aliphatic rings. The Morgan fingerprint density at radius 3 is 2.95 bits per heavy atom. The first-order valence-electron chi connectivity index (χ1n) is 7.29. The van der Waals surface area contributed by atoms with Gasteiger partial charge in [0, 0.05) is 43.2 Å². The number of nitrogens with zero attached hydrogens (tertiary/aromatic N) is 3. The van der Waals surface area contributed by atoms with Crippen LogP contribution in [0.4, 0.5) is 0 Å². The van der Waals surface area contributed by atoms with E-state index in [0.717, 1.165) is 23.1 Å². The molecule has 122 valence electrons. The molecular formula is C14H23N5OS2. The fourth-order valence-electron chi connectivity index (χ4n) is 2.54. The zero-order chi connectivity index (χ0) is 16.1. The van der Waals surface area contributed by atoms with E-state index in [0.29, 0.717) is 13.1 Å². The molecule has 0 aromatic heterocycles. The molecule has 22 heavy (non-hydrogen) atoms. The lowest BCUT2D eigenvalue weighted by atomic mass is 10.2. The molecule has 2 aliphatic heterocycles. The zero-order valence-electron chi connectivity index (χ0n) is 13.2. The van der Waals surface area contributed by atoms with Crippen molar-refractivity contribution in [2.45, 2.75) is 33.2 Å². The Hall–Kier alpha value is -0.960. The van der Waals surface area contributed by atoms with Crippen LogP contribution in [-0.2, 0) is 11.2 Å². The predicted molar refractivity (Wildman–Crippen MR) is 96.0 cm³/mol. The molecule has 8 heteroatoms. The number of rotatable bonds is 4. The third kappa shape index (κ3) is 4.28. The van der Waals surface area contributed by atoms with E-state index in [9.17, 15) is 4.21 Å². The number of hydrogen-bond acceptors (Lipinski definition) is 4. The van der Waals surface area contributed by atoms with Crippen LogP contribution in [0, 0.1) is 0 Å². The van der Waals surface area contributed by atoms with Crippen LogP contribution in [0.25, 0.3) is 0 Å². The average Bonchev–Trinajstić information content (AvgIpc) is 2.88. The van der Waals surface area contributed by atoms with Gasteiger partial charge in [0.05, 0.1) is 0 Å². The second-order valence-corrected chi connectivity index (χ2v) is 7.14. The number of allylic oxidation sites excluding steroid dienone is 1. The molecular weight excluding hydrogens is 318 g/mol. The van der Waals surface area contributed by atoms with Gasteiger partial charge < -0.3 is 4.90 Å². The highest BCUT2D eigenvalue weighted by molar-refractivity contribution is 8.15. The van der Waals surface area contributed by atoms with Gasteiger partial charge in [-0.15, -0.1) is 0 Å². The summed E-state index contributed by atoms with van der Waals surface area (Å²) in [5.74, 6) is 1.81. The van der Waals surface area contributed by atoms with Gasteiger partial charge in [-0.2, -0.15) is 0 Å². The van der Waals surface area contributed by atoms with Crippen LogP contribution >= 0.6 is 11.8 Å². The summed E-state index contributed by atoms with van der Waals surface area (Å²) in [6.45, 7) is 7.59. The molecule has 0 amide bonds. The second kappa shape index (κ2) is 8.05. The van der Waals surface area contributed by atoms with Gasteiger partial charge >= 0.3 is 0 Å². The molecule has 2 rings (SSSR count). The molecule has 0 aromatic carbocycles. The first kappa shape index (κ1) is 17.4. The average molecular weight is 342 g/mol. The van der Waals surface area contributed by atoms with Crippen molar-refractivity contribution in [3.05, 3.63) is 23.5 Å². The van der Waals surface area contributed by atoms with E-state index in [4.69, 9.17) is 5.14 Å². The summed E-state index contributed by atoms with van der Waals surface area (Å²) in [4.78, 5) is 11.3. The van der Waals surface area contributed by atoms with Crippen molar-refractivity contribution in [1.82, 2.24) is 9.62 Å². The lowest BCUT2D eigenvalue weighted by Gasteiger charge is -2.24. The fraction of sp³-hybridized carbons (Fsp3) is 0.571. The molecule has 0 aromatic rings. The summed E-state index contributed by atoms with van der Waals surface area (Å²) >= 11 is 0.184. The number of aliphatic imine (C=N–C) groups is 2. The molecule has 6 nitrogen and oxygen atoms in total. The molecule has 0 spiro atoms. The Labute approximate surface area is 138 Å². The van der Waals surface area contributed by atoms with E-state index in [2.05, 4.69) is 33.5 Å². The molecule has 2 heterocycles. The normalized spacial score (nSPS) is 23.7. The maximum absolute atomic E-state index is 11.3. The van der Waals surface area contributed by atoms with Crippen molar-refractivity contribution in [2.75, 3.05) is 18.8 Å². The highest BCUT2D eigenvalue weighted by Gasteiger charge is 2.33. The molecule has 0 bridgehead atoms. The number of thioether (sulfide) groups is 1. The van der Waals surface area contributed by atoms with Crippen LogP contribution in [0.5, 0.6) is 0 Å². The topological polar surface area (TPSA) is 83.1 Å². The van der Waals surface area contributed by atoms with Crippen LogP contribution in [0.1, 0.15) is 27.2 Å². The van der Waals surface area contributed by atoms with Gasteiger partial charge in [-0.05, 0) is 20.8 Å². The number of hydrogen-bond donors (Lipinski definition) is 2. The van der Waals surface area contributed by atoms with Crippen LogP contribution in [0.15, 0.2) is 33.5 Å². The Bertz CT molecular complexity index is 564. The summed E-state index contributed by atoms with van der Waals surface area (Å²) in [7, 11) is 0. The van der Waals surface area contributed by atoms with Crippen molar-refractivity contribution >= 4 is 33.8 Å². The van der Waals surface area contributed by atoms with E-state index in [1.807, 2.05) is 19.2 Å². The van der Waals surface area contributed by atoms with Crippen molar-refractivity contribution in [3.8, 4) is 0 Å². The first-order chi connectivity index (χ1) is 10.5. The Morgan fingerprint density at radius 2 is 2.41 bits per heavy atom. The Balaban J connectivity index is 2.31. The number of likely N-dealkylation sites (tertiary alicyclic amines) is 1. The third-order valence-corrected chi connectivity index (χ3v) is 4.88. The highest BCUT2D eigenvalue weighted by Crippen LogP contribution is 2.28. The summed E-state index contributed by atoms with van der Waals surface area (Å²) in [6, 6.07) is 0.0579. The quantitative estimate of drug-likeness (QED) is 0.601. The van der Waals surface area contributed by atoms with Gasteiger partial charge in [-0.3, -0.25) is 4.99 Å². The monoisotopic (exact) mass is 341 g/mol. The van der Waals surface area contributed by atoms with Gasteiger partial charge in [0.1, 0.15) is 5.04 Å². The number of nitrogens with one attached hydrogen (secondary N) is 1. The highest BCUT2D eigenvalue weighted by atomic mass is 32.2. The maximum atomic E-state index is 11.3. The standard InChI is InChI=1S/C14H23N5OS2/c1-4-16-13(14-17-6-5-7-21-14)19-9-11(18-22(15)20)8-12(19)10(2)3/h5-6,11,18H,4,7-9,15H2,1-3H3. The smallest absolute Gasteiger partial charge is 0.164 e. The van der Waals surface area contributed by atoms with Gasteiger partial charge in [0.2, 0.25) is 0 Å². The molecule has 0 radical (unpaired) electrons. The molecule has 0 aliphatic carbocycles. The van der Waals surface area contributed by atoms with Gasteiger partial charge in [-0.1, -0.05) is 23.4 Å². The molecule has 1 fully saturated rings. The molecule has 2 atom stereocenters. The van der Waals surface area contributed by atoms with Crippen molar-refractivity contribution < 1.29 is 4.21 Å². The Kier molecular flexibility index (Phi) is 6.37. The van der Waals surface area contributed by atoms with Crippen molar-refractivity contribution in [2.24, 2.45) is 15.1 Å². The second-order valence-electron chi connectivity index (χ2n) is 5.30. The van der Waals surface area contributed by atoms with E-state index >= 15 is 0 Å². The van der Waals surface area contributed by atoms with Gasteiger partial charge in [0.15, 0.2) is 17.0 Å². The molecule has 2 unspecified atom stereocenters. The van der Waals surface area contributed by atoms with Crippen LogP contribution in [0.3, 0.4) is 0 Å². The van der Waals surface area contributed by atoms with E-state index < -0.39 is 11.2 Å². The molecule has 1 saturated heterocycles. The summed E-state index contributed by atoms with van der Waals surface area (Å²) in [5.41, 5.74) is 2.43. The minimum Gasteiger partial charge on any atom is -0.327 e. The minimum absolute atomic E-state index is 0.0579. The van der Waals surface area contributed by atoms with Crippen LogP contribution in [0.2, 0.25) is 0 Å². The lowest BCUT2D eigenvalue weighted by molar-refractivity contribution is 0.545. The lowest BCUT2D eigenvalue weighted by Crippen LogP contribution is -2.40. The fourth-order valence-corrected chi connectivity index (χ4v) is 3.80. The van der Waals surface area contributed by atoms with Crippen LogP contribution < -0.4 is 9.86 Å². The van der Waals surface area contributed by atoms with Gasteiger partial charge in [0.25, 0.3) is 0 Å². The molecule has 0 saturated carbocycles. The Morgan fingerprint density at radius 1 is 1.64 bits per heavy atom. The zero-order valence-corrected chi connectivity index (χ0v) is 14.8. The maximum Gasteiger partial charge on any atom is 0.164 e. The molecule has 3 N–H and O–H groups in total. The van der Waals surface area contributed by atoms with Crippen molar-refractivity contribution in [1.29, 1.82) is 0 Å². The van der Waals surface area contributed by atoms with Crippen LogP contribution in [-0.4, -0.2) is 44.9 Å². The van der Waals surface area contributed by atoms with Crippen molar-refractivity contribution in [3.63, 3.8) is 0 Å². The third-order valence-electron chi connectivity index (χ3n) is 3.40. The first-order valence-corrected chi connectivity index (χ1v) is 9.49. The van der Waals surface area contributed by atoms with Gasteiger partial charge in [-0.25, -0.2) is 19.1 Å². The summed E-state index contributed by atoms with van der Waals surface area (Å²) < 4.78 is 14.2. The summed E-state index contributed by atoms with van der Waals surface area (Å²) in [6.07, 6.45) is 4.66. The van der Waals surface area contributed by atoms with E-state index in [-0.39, 0.29) is 6.04 Å². The largest absolute Gasteiger partial charge is 0.327 e. The SMILES string of the molecule is CCN=C(C1=NC=CCS1)N1CC(NS(N)=O)CC1=C(C)C. The predicted octanol–water partition coefficient (Wildman–Crippen LogP) is 1.56. The minimum atomic E-state index is -1.51. The van der Waals surface area contributed by atoms with E-state index in [1.54, 1.807) is 11.8 Å². The van der Waals surface area contributed by atoms with E-state index in [1.165, 1.54) is 11.3 Å². The number of amidine groups is 1. The number of nitrogens with two attached hydrogens (primary N) is 1.